The fraction of sp³-hybridized carbons (Fsp3) is 0.393. The van der Waals surface area contributed by atoms with Gasteiger partial charge in [0.25, 0.3) is 0 Å². The average molecular weight is 462 g/mol. The maximum Gasteiger partial charge on any atom is 0.315 e. The van der Waals surface area contributed by atoms with Crippen LogP contribution in [0, 0.1) is 5.92 Å². The molecular formula is C28H31NO5. The zero-order chi connectivity index (χ0) is 24.1. The standard InChI is InChI=1S/C28H31NO5/c1-4-15-33-28(31)25-18(2)29-21-11-8-12-22(30)27(21)26(25)20-13-14-23(24(16-20)32-3)34-17-19-9-6-5-7-10-19/h5-7,9-10,13-14,16,25-26H,4,8,11-12,15,17H2,1-3H3/t25?,26-/m0/s1. The van der Waals surface area contributed by atoms with E-state index in [1.807, 2.05) is 62.4 Å². The minimum Gasteiger partial charge on any atom is -0.493 e. The molecule has 2 atom stereocenters. The van der Waals surface area contributed by atoms with Gasteiger partial charge >= 0.3 is 5.97 Å². The fourth-order valence-electron chi connectivity index (χ4n) is 4.70. The van der Waals surface area contributed by atoms with Crippen molar-refractivity contribution in [1.29, 1.82) is 0 Å². The number of hydrogen-bond donors (Lipinski definition) is 0. The Balaban J connectivity index is 1.70. The van der Waals surface area contributed by atoms with Gasteiger partial charge in [-0.3, -0.25) is 14.6 Å². The van der Waals surface area contributed by atoms with Crippen molar-refractivity contribution in [3.8, 4) is 11.5 Å². The quantitative estimate of drug-likeness (QED) is 0.492. The fourth-order valence-corrected chi connectivity index (χ4v) is 4.70. The highest BCUT2D eigenvalue weighted by Gasteiger charge is 2.43. The Morgan fingerprint density at radius 1 is 1.09 bits per heavy atom. The van der Waals surface area contributed by atoms with E-state index in [0.29, 0.717) is 42.4 Å². The monoisotopic (exact) mass is 461 g/mol. The molecule has 1 aliphatic carbocycles. The van der Waals surface area contributed by atoms with E-state index in [2.05, 4.69) is 4.99 Å². The lowest BCUT2D eigenvalue weighted by atomic mass is 9.71. The number of hydrogen-bond acceptors (Lipinski definition) is 6. The highest BCUT2D eigenvalue weighted by Crippen LogP contribution is 2.45. The zero-order valence-electron chi connectivity index (χ0n) is 20.0. The predicted molar refractivity (Wildman–Crippen MR) is 130 cm³/mol. The third kappa shape index (κ3) is 4.91. The second-order valence-electron chi connectivity index (χ2n) is 8.70. The summed E-state index contributed by atoms with van der Waals surface area (Å²) >= 11 is 0. The molecule has 0 amide bonds. The second-order valence-corrected chi connectivity index (χ2v) is 8.70. The number of ether oxygens (including phenoxy) is 3. The summed E-state index contributed by atoms with van der Waals surface area (Å²) in [7, 11) is 1.59. The molecule has 2 aromatic carbocycles. The first-order valence-corrected chi connectivity index (χ1v) is 11.9. The number of Topliss-reactive ketones (excluding diaryl/α,β-unsaturated/α-hetero) is 1. The van der Waals surface area contributed by atoms with Crippen LogP contribution in [0.2, 0.25) is 0 Å². The van der Waals surface area contributed by atoms with Crippen LogP contribution in [-0.2, 0) is 20.9 Å². The molecule has 0 saturated carbocycles. The van der Waals surface area contributed by atoms with Crippen molar-refractivity contribution in [2.24, 2.45) is 10.9 Å². The third-order valence-corrected chi connectivity index (χ3v) is 6.32. The van der Waals surface area contributed by atoms with Crippen molar-refractivity contribution in [3.63, 3.8) is 0 Å². The number of allylic oxidation sites excluding steroid dienone is 2. The molecule has 1 heterocycles. The zero-order valence-corrected chi connectivity index (χ0v) is 20.0. The molecule has 0 N–H and O–H groups in total. The molecule has 0 aromatic heterocycles. The molecule has 4 rings (SSSR count). The molecule has 0 saturated heterocycles. The second kappa shape index (κ2) is 10.7. The molecule has 34 heavy (non-hydrogen) atoms. The Kier molecular flexibility index (Phi) is 7.46. The van der Waals surface area contributed by atoms with Crippen LogP contribution in [0.3, 0.4) is 0 Å². The maximum atomic E-state index is 13.1. The summed E-state index contributed by atoms with van der Waals surface area (Å²) in [4.78, 5) is 30.8. The van der Waals surface area contributed by atoms with Crippen molar-refractivity contribution < 1.29 is 23.8 Å². The number of methoxy groups -OCH3 is 1. The molecular weight excluding hydrogens is 430 g/mol. The summed E-state index contributed by atoms with van der Waals surface area (Å²) in [5, 5.41) is 0. The summed E-state index contributed by atoms with van der Waals surface area (Å²) in [6.07, 6.45) is 2.71. The number of carbonyl (C=O) groups excluding carboxylic acids is 2. The van der Waals surface area contributed by atoms with Crippen molar-refractivity contribution in [2.75, 3.05) is 13.7 Å². The van der Waals surface area contributed by atoms with E-state index in [0.717, 1.165) is 36.1 Å². The largest absolute Gasteiger partial charge is 0.493 e. The number of esters is 1. The van der Waals surface area contributed by atoms with Crippen LogP contribution in [0.4, 0.5) is 0 Å². The number of aliphatic imine (C=N–C) groups is 1. The summed E-state index contributed by atoms with van der Waals surface area (Å²) in [5.74, 6) is -0.235. The third-order valence-electron chi connectivity index (χ3n) is 6.32. The van der Waals surface area contributed by atoms with Gasteiger partial charge in [-0.2, -0.15) is 0 Å². The van der Waals surface area contributed by atoms with Gasteiger partial charge in [-0.15, -0.1) is 0 Å². The molecule has 1 unspecified atom stereocenters. The summed E-state index contributed by atoms with van der Waals surface area (Å²) < 4.78 is 17.2. The van der Waals surface area contributed by atoms with Crippen molar-refractivity contribution >= 4 is 17.5 Å². The normalized spacial score (nSPS) is 19.9. The first-order chi connectivity index (χ1) is 16.5. The molecule has 1 aliphatic heterocycles. The van der Waals surface area contributed by atoms with Gasteiger partial charge in [-0.1, -0.05) is 43.3 Å². The first-order valence-electron chi connectivity index (χ1n) is 11.9. The van der Waals surface area contributed by atoms with Crippen molar-refractivity contribution in [3.05, 3.63) is 70.9 Å². The van der Waals surface area contributed by atoms with Gasteiger partial charge in [0.05, 0.1) is 13.7 Å². The minimum absolute atomic E-state index is 0.0548. The molecule has 0 radical (unpaired) electrons. The van der Waals surface area contributed by atoms with Crippen LogP contribution in [0.5, 0.6) is 11.5 Å². The Labute approximate surface area is 200 Å². The Morgan fingerprint density at radius 2 is 1.88 bits per heavy atom. The lowest BCUT2D eigenvalue weighted by Gasteiger charge is -2.34. The molecule has 0 spiro atoms. The van der Waals surface area contributed by atoms with Crippen LogP contribution in [0.15, 0.2) is 64.8 Å². The van der Waals surface area contributed by atoms with Crippen LogP contribution in [-0.4, -0.2) is 31.2 Å². The van der Waals surface area contributed by atoms with Gasteiger partial charge in [0.2, 0.25) is 0 Å². The summed E-state index contributed by atoms with van der Waals surface area (Å²) in [6, 6.07) is 15.5. The molecule has 6 nitrogen and oxygen atoms in total. The number of benzene rings is 2. The molecule has 6 heteroatoms. The van der Waals surface area contributed by atoms with Crippen LogP contribution < -0.4 is 9.47 Å². The topological polar surface area (TPSA) is 74.2 Å². The predicted octanol–water partition coefficient (Wildman–Crippen LogP) is 5.41. The molecule has 0 fully saturated rings. The number of nitrogens with zero attached hydrogens (tertiary/aromatic N) is 1. The van der Waals surface area contributed by atoms with E-state index in [1.165, 1.54) is 0 Å². The van der Waals surface area contributed by atoms with Gasteiger partial charge in [0, 0.05) is 29.3 Å². The molecule has 0 bridgehead atoms. The van der Waals surface area contributed by atoms with E-state index in [1.54, 1.807) is 7.11 Å². The van der Waals surface area contributed by atoms with Gasteiger partial charge < -0.3 is 14.2 Å². The molecule has 178 valence electrons. The molecule has 2 aliphatic rings. The lowest BCUT2D eigenvalue weighted by Crippen LogP contribution is -2.37. The smallest absolute Gasteiger partial charge is 0.315 e. The Hall–Kier alpha value is -3.41. The average Bonchev–Trinajstić information content (AvgIpc) is 2.86. The molecule has 2 aromatic rings. The minimum atomic E-state index is -0.645. The van der Waals surface area contributed by atoms with Crippen LogP contribution in [0.1, 0.15) is 56.6 Å². The van der Waals surface area contributed by atoms with E-state index >= 15 is 0 Å². The Morgan fingerprint density at radius 3 is 2.62 bits per heavy atom. The van der Waals surface area contributed by atoms with Crippen LogP contribution >= 0.6 is 0 Å². The number of ketones is 1. The van der Waals surface area contributed by atoms with E-state index < -0.39 is 11.8 Å². The van der Waals surface area contributed by atoms with E-state index in [4.69, 9.17) is 14.2 Å². The van der Waals surface area contributed by atoms with Gasteiger partial charge in [0.15, 0.2) is 17.3 Å². The lowest BCUT2D eigenvalue weighted by molar-refractivity contribution is -0.146. The summed E-state index contributed by atoms with van der Waals surface area (Å²) in [5.41, 5.74) is 3.98. The van der Waals surface area contributed by atoms with Crippen molar-refractivity contribution in [1.82, 2.24) is 0 Å². The van der Waals surface area contributed by atoms with Gasteiger partial charge in [-0.05, 0) is 49.4 Å². The van der Waals surface area contributed by atoms with Crippen LogP contribution in [0.25, 0.3) is 0 Å². The Bertz CT molecular complexity index is 1120. The van der Waals surface area contributed by atoms with Crippen molar-refractivity contribution in [2.45, 2.75) is 52.1 Å². The maximum absolute atomic E-state index is 13.1. The number of carbonyl (C=O) groups is 2. The SMILES string of the molecule is CCCOC(=O)C1C(C)=NC2=C(C(=O)CCC2)[C@H]1c1ccc(OCc2ccccc2)c(OC)c1. The highest BCUT2D eigenvalue weighted by molar-refractivity contribution is 6.08. The first kappa shape index (κ1) is 23.7. The number of rotatable bonds is 8. The van der Waals surface area contributed by atoms with E-state index in [9.17, 15) is 9.59 Å². The summed E-state index contributed by atoms with van der Waals surface area (Å²) in [6.45, 7) is 4.55. The van der Waals surface area contributed by atoms with Gasteiger partial charge in [-0.25, -0.2) is 0 Å². The highest BCUT2D eigenvalue weighted by atomic mass is 16.5. The van der Waals surface area contributed by atoms with Gasteiger partial charge in [0.1, 0.15) is 12.5 Å². The van der Waals surface area contributed by atoms with E-state index in [-0.39, 0.29) is 11.8 Å².